The third-order valence-corrected chi connectivity index (χ3v) is 2.29. The van der Waals surface area contributed by atoms with Gasteiger partial charge in [0.25, 0.3) is 0 Å². The van der Waals surface area contributed by atoms with E-state index in [0.717, 1.165) is 11.4 Å². The zero-order valence-corrected chi connectivity index (χ0v) is 10.8. The van der Waals surface area contributed by atoms with Crippen molar-refractivity contribution in [1.82, 2.24) is 0 Å². The fourth-order valence-corrected chi connectivity index (χ4v) is 1.48. The number of thiol groups is 1. The second kappa shape index (κ2) is 7.38. The molecule has 0 saturated carbocycles. The van der Waals surface area contributed by atoms with E-state index in [-0.39, 0.29) is 0 Å². The summed E-state index contributed by atoms with van der Waals surface area (Å²) in [4.78, 5) is 10.3. The van der Waals surface area contributed by atoms with Crippen molar-refractivity contribution in [1.29, 1.82) is 0 Å². The van der Waals surface area contributed by atoms with Gasteiger partial charge in [0.05, 0.1) is 11.6 Å². The van der Waals surface area contributed by atoms with Crippen LogP contribution in [0.2, 0.25) is 0 Å². The number of nitrogens with zero attached hydrogens (tertiary/aromatic N) is 5. The number of hydrogen-bond donors (Lipinski definition) is 2. The van der Waals surface area contributed by atoms with Gasteiger partial charge in [-0.25, -0.2) is 5.01 Å². The van der Waals surface area contributed by atoms with Crippen LogP contribution in [0.5, 0.6) is 0 Å². The molecule has 7 nitrogen and oxygen atoms in total. The summed E-state index contributed by atoms with van der Waals surface area (Å²) in [6.45, 7) is 4.87. The number of nitroso groups, excluding NO2 is 1. The minimum atomic E-state index is -0.499. The Morgan fingerprint density at radius 3 is 2.94 bits per heavy atom. The topological polar surface area (TPSA) is 81.8 Å². The van der Waals surface area contributed by atoms with Gasteiger partial charge in [0.2, 0.25) is 0 Å². The van der Waals surface area contributed by atoms with E-state index in [1.165, 1.54) is 5.01 Å². The van der Waals surface area contributed by atoms with E-state index < -0.39 is 6.17 Å². The quantitative estimate of drug-likeness (QED) is 0.199. The molecule has 1 rings (SSSR count). The van der Waals surface area contributed by atoms with E-state index in [1.54, 1.807) is 13.0 Å². The van der Waals surface area contributed by atoms with Crippen molar-refractivity contribution in [3.63, 3.8) is 0 Å². The van der Waals surface area contributed by atoms with Crippen LogP contribution in [-0.2, 0) is 0 Å². The van der Waals surface area contributed by atoms with E-state index in [1.807, 2.05) is 18.2 Å². The Morgan fingerprint density at radius 2 is 2.33 bits per heavy atom. The highest BCUT2D eigenvalue weighted by Crippen LogP contribution is 2.21. The van der Waals surface area contributed by atoms with Crippen molar-refractivity contribution in [2.75, 3.05) is 16.2 Å². The van der Waals surface area contributed by atoms with Gasteiger partial charge in [-0.2, -0.15) is 12.6 Å². The Bertz CT molecular complexity index is 438. The molecule has 0 aromatic heterocycles. The molecule has 8 heteroatoms. The number of hydrogen-bond acceptors (Lipinski definition) is 6. The molecule has 96 valence electrons. The molecule has 0 amide bonds. The van der Waals surface area contributed by atoms with Crippen molar-refractivity contribution in [2.24, 2.45) is 20.7 Å². The Morgan fingerprint density at radius 1 is 1.56 bits per heavy atom. The lowest BCUT2D eigenvalue weighted by atomic mass is 10.2. The third-order valence-electron chi connectivity index (χ3n) is 2.02. The fraction of sp³-hybridized carbons (Fsp3) is 0.300. The molecule has 0 aliphatic heterocycles. The van der Waals surface area contributed by atoms with E-state index in [0.29, 0.717) is 5.88 Å². The van der Waals surface area contributed by atoms with Gasteiger partial charge in [0.15, 0.2) is 6.17 Å². The monoisotopic (exact) mass is 266 g/mol. The van der Waals surface area contributed by atoms with Crippen molar-refractivity contribution in [3.8, 4) is 0 Å². The SMILES string of the molecule is C=N/N=N\N(CS)c1cccc(NC(C)N=O)c1. The minimum Gasteiger partial charge on any atom is -0.361 e. The minimum absolute atomic E-state index is 0.337. The van der Waals surface area contributed by atoms with Gasteiger partial charge in [-0.1, -0.05) is 6.07 Å². The Hall–Kier alpha value is -1.96. The molecule has 0 heterocycles. The van der Waals surface area contributed by atoms with Gasteiger partial charge in [-0.15, -0.1) is 10.0 Å². The number of rotatable bonds is 7. The molecule has 1 N–H and O–H groups in total. The predicted octanol–water partition coefficient (Wildman–Crippen LogP) is 2.89. The van der Waals surface area contributed by atoms with Gasteiger partial charge in [0, 0.05) is 12.4 Å². The zero-order chi connectivity index (χ0) is 13.4. The van der Waals surface area contributed by atoms with Gasteiger partial charge in [-0.3, -0.25) is 0 Å². The number of benzene rings is 1. The number of nitrogens with one attached hydrogen (secondary N) is 1. The Balaban J connectivity index is 2.88. The first kappa shape index (κ1) is 14.1. The molecule has 0 aliphatic carbocycles. The summed E-state index contributed by atoms with van der Waals surface area (Å²) in [6.07, 6.45) is -0.499. The first-order valence-electron chi connectivity index (χ1n) is 5.15. The van der Waals surface area contributed by atoms with Crippen LogP contribution in [0.15, 0.2) is 45.0 Å². The van der Waals surface area contributed by atoms with Gasteiger partial charge in [-0.05, 0) is 40.7 Å². The largest absolute Gasteiger partial charge is 0.361 e. The van der Waals surface area contributed by atoms with Crippen molar-refractivity contribution in [3.05, 3.63) is 29.2 Å². The van der Waals surface area contributed by atoms with Crippen LogP contribution in [0.1, 0.15) is 6.92 Å². The normalized spacial score (nSPS) is 12.1. The van der Waals surface area contributed by atoms with E-state index in [4.69, 9.17) is 0 Å². The zero-order valence-electron chi connectivity index (χ0n) is 9.89. The molecule has 0 spiro atoms. The lowest BCUT2D eigenvalue weighted by molar-refractivity contribution is 0.841. The second-order valence-electron chi connectivity index (χ2n) is 3.34. The summed E-state index contributed by atoms with van der Waals surface area (Å²) in [5, 5.41) is 17.9. The third kappa shape index (κ3) is 4.13. The van der Waals surface area contributed by atoms with Crippen molar-refractivity contribution >= 4 is 30.7 Å². The van der Waals surface area contributed by atoms with Gasteiger partial charge in [0.1, 0.15) is 0 Å². The summed E-state index contributed by atoms with van der Waals surface area (Å²) in [5.41, 5.74) is 1.52. The molecule has 1 aromatic rings. The van der Waals surface area contributed by atoms with Crippen molar-refractivity contribution in [2.45, 2.75) is 13.1 Å². The maximum Gasteiger partial charge on any atom is 0.158 e. The Kier molecular flexibility index (Phi) is 5.78. The average Bonchev–Trinajstić information content (AvgIpc) is 2.40. The highest BCUT2D eigenvalue weighted by Gasteiger charge is 2.06. The van der Waals surface area contributed by atoms with Gasteiger partial charge < -0.3 is 5.32 Å². The molecule has 0 saturated heterocycles. The Labute approximate surface area is 110 Å². The highest BCUT2D eigenvalue weighted by atomic mass is 32.1. The van der Waals surface area contributed by atoms with Crippen LogP contribution in [0.25, 0.3) is 0 Å². The van der Waals surface area contributed by atoms with Crippen molar-refractivity contribution < 1.29 is 0 Å². The molecule has 0 bridgehead atoms. The van der Waals surface area contributed by atoms with Crippen LogP contribution >= 0.6 is 12.6 Å². The summed E-state index contributed by atoms with van der Waals surface area (Å²) in [7, 11) is 0. The van der Waals surface area contributed by atoms with Crippen LogP contribution < -0.4 is 10.3 Å². The average molecular weight is 266 g/mol. The van der Waals surface area contributed by atoms with E-state index in [9.17, 15) is 4.91 Å². The summed E-state index contributed by atoms with van der Waals surface area (Å²) >= 11 is 4.14. The van der Waals surface area contributed by atoms with E-state index >= 15 is 0 Å². The summed E-state index contributed by atoms with van der Waals surface area (Å²) in [6, 6.07) is 7.29. The maximum atomic E-state index is 10.3. The maximum absolute atomic E-state index is 10.3. The smallest absolute Gasteiger partial charge is 0.158 e. The summed E-state index contributed by atoms with van der Waals surface area (Å²) < 4.78 is 0. The number of anilines is 2. The molecule has 1 aromatic carbocycles. The molecule has 0 fully saturated rings. The van der Waals surface area contributed by atoms with Crippen LogP contribution in [0, 0.1) is 4.91 Å². The molecule has 1 atom stereocenters. The molecule has 0 radical (unpaired) electrons. The van der Waals surface area contributed by atoms with E-state index in [2.05, 4.69) is 45.4 Å². The molecule has 0 aliphatic rings. The highest BCUT2D eigenvalue weighted by molar-refractivity contribution is 7.80. The molecule has 1 unspecified atom stereocenters. The van der Waals surface area contributed by atoms with Crippen LogP contribution in [0.3, 0.4) is 0 Å². The summed E-state index contributed by atoms with van der Waals surface area (Å²) in [5.74, 6) is 0.337. The molecule has 18 heavy (non-hydrogen) atoms. The lowest BCUT2D eigenvalue weighted by Crippen LogP contribution is -2.14. The first-order valence-corrected chi connectivity index (χ1v) is 5.78. The lowest BCUT2D eigenvalue weighted by Gasteiger charge is -2.16. The predicted molar refractivity (Wildman–Crippen MR) is 76.1 cm³/mol. The standard InChI is InChI=1S/C10H14N6OS/c1-8(13-17)12-9-4-3-5-10(6-9)16(7-18)15-14-11-2/h3-6,8,12,18H,2,7H2,1H3/b15-14-. The molecular weight excluding hydrogens is 252 g/mol. The second-order valence-corrected chi connectivity index (χ2v) is 3.62. The van der Waals surface area contributed by atoms with Crippen LogP contribution in [-0.4, -0.2) is 18.8 Å². The fourth-order valence-electron chi connectivity index (χ4n) is 1.26. The van der Waals surface area contributed by atoms with Crippen LogP contribution in [0.4, 0.5) is 11.4 Å². The van der Waals surface area contributed by atoms with Gasteiger partial charge >= 0.3 is 0 Å². The first-order chi connectivity index (χ1) is 8.71. The molecular formula is C10H14N6OS.